The van der Waals surface area contributed by atoms with Gasteiger partial charge >= 0.3 is 12.3 Å². The van der Waals surface area contributed by atoms with Crippen LogP contribution in [0.5, 0.6) is 0 Å². The monoisotopic (exact) mass is 373 g/mol. The number of alkyl halides is 3. The molecule has 144 valence electrons. The molecule has 0 spiro atoms. The minimum Gasteiger partial charge on any atom is -0.444 e. The fourth-order valence-corrected chi connectivity index (χ4v) is 2.66. The van der Waals surface area contributed by atoms with Gasteiger partial charge in [-0.1, -0.05) is 0 Å². The van der Waals surface area contributed by atoms with E-state index < -0.39 is 29.3 Å². The Hall–Kier alpha value is -2.45. The number of ether oxygens (including phenoxy) is 1. The van der Waals surface area contributed by atoms with E-state index in [2.05, 4.69) is 5.32 Å². The van der Waals surface area contributed by atoms with Gasteiger partial charge in [-0.15, -0.1) is 0 Å². The molecule has 0 aromatic heterocycles. The molecule has 1 unspecified atom stereocenters. The zero-order valence-corrected chi connectivity index (χ0v) is 14.8. The predicted octanol–water partition coefficient (Wildman–Crippen LogP) is 3.03. The molecule has 1 aromatic carbocycles. The van der Waals surface area contributed by atoms with Gasteiger partial charge in [0.15, 0.2) is 0 Å². The van der Waals surface area contributed by atoms with Gasteiger partial charge < -0.3 is 20.7 Å². The highest BCUT2D eigenvalue weighted by Gasteiger charge is 2.33. The van der Waals surface area contributed by atoms with E-state index in [9.17, 15) is 22.8 Å². The van der Waals surface area contributed by atoms with E-state index in [1.807, 2.05) is 0 Å². The Morgan fingerprint density at radius 2 is 1.88 bits per heavy atom. The molecule has 0 saturated carbocycles. The summed E-state index contributed by atoms with van der Waals surface area (Å²) >= 11 is 0. The van der Waals surface area contributed by atoms with Gasteiger partial charge in [-0.05, 0) is 45.4 Å². The number of nitrogens with one attached hydrogen (secondary N) is 1. The number of halogens is 3. The first-order valence-electron chi connectivity index (χ1n) is 8.12. The molecule has 3 N–H and O–H groups in total. The number of hydrogen-bond donors (Lipinski definition) is 2. The fourth-order valence-electron chi connectivity index (χ4n) is 2.66. The molecular formula is C17H22F3N3O3. The molecule has 6 nitrogen and oxygen atoms in total. The van der Waals surface area contributed by atoms with Gasteiger partial charge in [0.25, 0.3) is 5.91 Å². The molecule has 26 heavy (non-hydrogen) atoms. The van der Waals surface area contributed by atoms with Gasteiger partial charge in [0.2, 0.25) is 0 Å². The number of nitrogens with zero attached hydrogens (tertiary/aromatic N) is 1. The van der Waals surface area contributed by atoms with Gasteiger partial charge in [-0.25, -0.2) is 4.79 Å². The van der Waals surface area contributed by atoms with Gasteiger partial charge in [0, 0.05) is 24.3 Å². The first-order chi connectivity index (χ1) is 11.8. The maximum atomic E-state index is 12.9. The van der Waals surface area contributed by atoms with E-state index in [4.69, 9.17) is 10.5 Å². The summed E-state index contributed by atoms with van der Waals surface area (Å²) < 4.78 is 43.8. The summed E-state index contributed by atoms with van der Waals surface area (Å²) in [4.78, 5) is 25.7. The number of hydrogen-bond acceptors (Lipinski definition) is 4. The van der Waals surface area contributed by atoms with Crippen molar-refractivity contribution in [2.45, 2.75) is 45.0 Å². The molecule has 0 radical (unpaired) electrons. The van der Waals surface area contributed by atoms with Crippen molar-refractivity contribution < 1.29 is 27.5 Å². The van der Waals surface area contributed by atoms with Crippen molar-refractivity contribution in [2.24, 2.45) is 0 Å². The topological polar surface area (TPSA) is 84.7 Å². The van der Waals surface area contributed by atoms with Gasteiger partial charge in [0.1, 0.15) is 5.60 Å². The fraction of sp³-hybridized carbons (Fsp3) is 0.529. The zero-order valence-electron chi connectivity index (χ0n) is 14.8. The number of carbonyl (C=O) groups is 2. The van der Waals surface area contributed by atoms with Crippen LogP contribution in [0.4, 0.5) is 23.7 Å². The summed E-state index contributed by atoms with van der Waals surface area (Å²) in [7, 11) is 0. The number of amides is 2. The third kappa shape index (κ3) is 5.27. The molecular weight excluding hydrogens is 351 g/mol. The highest BCUT2D eigenvalue weighted by Crippen LogP contribution is 2.31. The number of nitrogen functional groups attached to an aromatic ring is 1. The molecule has 2 rings (SSSR count). The minimum absolute atomic E-state index is 0.129. The first kappa shape index (κ1) is 19.9. The summed E-state index contributed by atoms with van der Waals surface area (Å²) in [6, 6.07) is 2.46. The normalized spacial score (nSPS) is 17.9. The molecule has 1 atom stereocenters. The van der Waals surface area contributed by atoms with E-state index in [0.717, 1.165) is 12.1 Å². The predicted molar refractivity (Wildman–Crippen MR) is 89.5 cm³/mol. The van der Waals surface area contributed by atoms with Crippen LogP contribution < -0.4 is 11.1 Å². The van der Waals surface area contributed by atoms with Crippen molar-refractivity contribution in [3.63, 3.8) is 0 Å². The van der Waals surface area contributed by atoms with Crippen molar-refractivity contribution in [2.75, 3.05) is 18.8 Å². The van der Waals surface area contributed by atoms with Crippen LogP contribution in [0.1, 0.15) is 43.1 Å². The van der Waals surface area contributed by atoms with Crippen LogP contribution in [0.25, 0.3) is 0 Å². The van der Waals surface area contributed by atoms with Gasteiger partial charge in [-0.2, -0.15) is 13.2 Å². The van der Waals surface area contributed by atoms with Crippen LogP contribution in [-0.4, -0.2) is 41.6 Å². The zero-order chi connectivity index (χ0) is 19.7. The second-order valence-electron chi connectivity index (χ2n) is 7.22. The summed E-state index contributed by atoms with van der Waals surface area (Å²) in [6.45, 7) is 5.70. The molecule has 1 saturated heterocycles. The third-order valence-electron chi connectivity index (χ3n) is 3.73. The van der Waals surface area contributed by atoms with Crippen molar-refractivity contribution in [3.8, 4) is 0 Å². The Morgan fingerprint density at radius 1 is 1.23 bits per heavy atom. The van der Waals surface area contributed by atoms with Crippen LogP contribution in [0.3, 0.4) is 0 Å². The van der Waals surface area contributed by atoms with E-state index in [0.29, 0.717) is 13.0 Å². The van der Waals surface area contributed by atoms with Gasteiger partial charge in [0.05, 0.1) is 11.6 Å². The van der Waals surface area contributed by atoms with Crippen LogP contribution in [0.15, 0.2) is 18.2 Å². The number of likely N-dealkylation sites (tertiary alicyclic amines) is 1. The number of alkyl carbamates (subject to hydrolysis) is 1. The smallest absolute Gasteiger partial charge is 0.416 e. The van der Waals surface area contributed by atoms with E-state index in [1.165, 1.54) is 11.0 Å². The van der Waals surface area contributed by atoms with E-state index in [1.54, 1.807) is 20.8 Å². The van der Waals surface area contributed by atoms with E-state index in [-0.39, 0.29) is 23.8 Å². The second kappa shape index (κ2) is 7.05. The lowest BCUT2D eigenvalue weighted by Gasteiger charge is -2.22. The molecule has 2 amide bonds. The molecule has 0 aliphatic carbocycles. The quantitative estimate of drug-likeness (QED) is 0.781. The Labute approximate surface area is 149 Å². The Kier molecular flexibility index (Phi) is 5.39. The summed E-state index contributed by atoms with van der Waals surface area (Å²) in [5.74, 6) is -0.559. The van der Waals surface area contributed by atoms with Crippen molar-refractivity contribution in [1.82, 2.24) is 10.2 Å². The van der Waals surface area contributed by atoms with E-state index >= 15 is 0 Å². The van der Waals surface area contributed by atoms with Gasteiger partial charge in [-0.3, -0.25) is 4.79 Å². The van der Waals surface area contributed by atoms with Crippen molar-refractivity contribution >= 4 is 17.7 Å². The minimum atomic E-state index is -4.59. The average Bonchev–Trinajstić information content (AvgIpc) is 2.91. The highest BCUT2D eigenvalue weighted by molar-refractivity contribution is 5.95. The van der Waals surface area contributed by atoms with Crippen LogP contribution >= 0.6 is 0 Å². The molecule has 1 aromatic rings. The lowest BCUT2D eigenvalue weighted by atomic mass is 10.1. The lowest BCUT2D eigenvalue weighted by Crippen LogP contribution is -2.41. The first-order valence-corrected chi connectivity index (χ1v) is 8.12. The van der Waals surface area contributed by atoms with Crippen LogP contribution in [0.2, 0.25) is 0 Å². The Balaban J connectivity index is 2.04. The molecule has 1 aliphatic rings. The van der Waals surface area contributed by atoms with Crippen molar-refractivity contribution in [1.29, 1.82) is 0 Å². The van der Waals surface area contributed by atoms with Crippen molar-refractivity contribution in [3.05, 3.63) is 29.3 Å². The molecule has 1 heterocycles. The maximum Gasteiger partial charge on any atom is 0.416 e. The molecule has 1 aliphatic heterocycles. The molecule has 0 bridgehead atoms. The lowest BCUT2D eigenvalue weighted by molar-refractivity contribution is -0.137. The highest BCUT2D eigenvalue weighted by atomic mass is 19.4. The SMILES string of the molecule is CC(C)(C)OC(=O)NC1CCN(C(=O)c2cc(N)cc(C(F)(F)F)c2)C1. The number of anilines is 1. The summed E-state index contributed by atoms with van der Waals surface area (Å²) in [6.07, 6.45) is -4.70. The number of nitrogens with two attached hydrogens (primary N) is 1. The average molecular weight is 373 g/mol. The second-order valence-corrected chi connectivity index (χ2v) is 7.22. The Morgan fingerprint density at radius 3 is 2.46 bits per heavy atom. The molecule has 1 fully saturated rings. The molecule has 9 heteroatoms. The third-order valence-corrected chi connectivity index (χ3v) is 3.73. The number of carbonyl (C=O) groups excluding carboxylic acids is 2. The number of rotatable bonds is 2. The largest absolute Gasteiger partial charge is 0.444 e. The van der Waals surface area contributed by atoms with Crippen LogP contribution in [-0.2, 0) is 10.9 Å². The maximum absolute atomic E-state index is 12.9. The van der Waals surface area contributed by atoms with Crippen LogP contribution in [0, 0.1) is 0 Å². The summed E-state index contributed by atoms with van der Waals surface area (Å²) in [5.41, 5.74) is 3.62. The number of benzene rings is 1. The standard InChI is InChI=1S/C17H22F3N3O3/c1-16(2,3)26-15(25)22-13-4-5-23(9-13)14(24)10-6-11(17(18,19)20)8-12(21)7-10/h6-8,13H,4-5,9,21H2,1-3H3,(H,22,25). The Bertz CT molecular complexity index is 699. The summed E-state index contributed by atoms with van der Waals surface area (Å²) in [5, 5.41) is 2.66.